The predicted molar refractivity (Wildman–Crippen MR) is 84.4 cm³/mol. The first-order valence-electron chi connectivity index (χ1n) is 7.15. The molecule has 0 bridgehead atoms. The zero-order valence-electron chi connectivity index (χ0n) is 12.1. The van der Waals surface area contributed by atoms with Crippen LogP contribution in [0.25, 0.3) is 11.0 Å². The Hall–Kier alpha value is -2.75. The van der Waals surface area contributed by atoms with E-state index in [1.54, 1.807) is 0 Å². The molecule has 0 aliphatic rings. The van der Waals surface area contributed by atoms with Crippen LogP contribution in [0.15, 0.2) is 57.7 Å². The highest BCUT2D eigenvalue weighted by atomic mass is 16.4. The van der Waals surface area contributed by atoms with Gasteiger partial charge in [0.15, 0.2) is 0 Å². The third-order valence-electron chi connectivity index (χ3n) is 3.85. The third-order valence-corrected chi connectivity index (χ3v) is 3.85. The summed E-state index contributed by atoms with van der Waals surface area (Å²) in [6.07, 6.45) is 0.645. The van der Waals surface area contributed by atoms with Crippen LogP contribution >= 0.6 is 0 Å². The van der Waals surface area contributed by atoms with Crippen LogP contribution in [0.5, 0.6) is 11.5 Å². The molecule has 112 valence electrons. The van der Waals surface area contributed by atoms with E-state index in [0.717, 1.165) is 5.56 Å². The standard InChI is InChI=1S/C18H16O4/c1-2-13(11-6-4-3-5-7-11)16-17(20)14-10-12(19)8-9-15(14)22-18(16)21/h3-10,13,19-20H,2H2,1H3/t13-/m1/s1. The summed E-state index contributed by atoms with van der Waals surface area (Å²) < 4.78 is 5.31. The molecule has 4 nitrogen and oxygen atoms in total. The highest BCUT2D eigenvalue weighted by molar-refractivity contribution is 5.85. The third kappa shape index (κ3) is 2.33. The largest absolute Gasteiger partial charge is 0.508 e. The van der Waals surface area contributed by atoms with Crippen molar-refractivity contribution >= 4 is 11.0 Å². The van der Waals surface area contributed by atoms with Gasteiger partial charge in [-0.2, -0.15) is 0 Å². The zero-order valence-corrected chi connectivity index (χ0v) is 12.1. The first-order chi connectivity index (χ1) is 10.6. The lowest BCUT2D eigenvalue weighted by molar-refractivity contribution is 0.447. The van der Waals surface area contributed by atoms with Gasteiger partial charge in [0, 0.05) is 5.92 Å². The number of benzene rings is 2. The molecule has 4 heteroatoms. The fraction of sp³-hybridized carbons (Fsp3) is 0.167. The molecule has 2 aromatic carbocycles. The van der Waals surface area contributed by atoms with E-state index in [2.05, 4.69) is 0 Å². The highest BCUT2D eigenvalue weighted by Gasteiger charge is 2.23. The van der Waals surface area contributed by atoms with Crippen molar-refractivity contribution in [2.24, 2.45) is 0 Å². The minimum absolute atomic E-state index is 0.00959. The van der Waals surface area contributed by atoms with Gasteiger partial charge in [-0.25, -0.2) is 4.79 Å². The minimum atomic E-state index is -0.550. The van der Waals surface area contributed by atoms with Crippen LogP contribution < -0.4 is 5.63 Å². The summed E-state index contributed by atoms with van der Waals surface area (Å²) in [5.74, 6) is -0.377. The fourth-order valence-corrected chi connectivity index (χ4v) is 2.79. The van der Waals surface area contributed by atoms with Crippen molar-refractivity contribution in [1.29, 1.82) is 0 Å². The van der Waals surface area contributed by atoms with Gasteiger partial charge in [0.2, 0.25) is 0 Å². The summed E-state index contributed by atoms with van der Waals surface area (Å²) in [5, 5.41) is 20.5. The molecule has 1 heterocycles. The molecule has 0 unspecified atom stereocenters. The number of rotatable bonds is 3. The van der Waals surface area contributed by atoms with Crippen LogP contribution in [0.4, 0.5) is 0 Å². The molecule has 0 spiro atoms. The number of hydrogen-bond donors (Lipinski definition) is 2. The van der Waals surface area contributed by atoms with Gasteiger partial charge in [-0.3, -0.25) is 0 Å². The van der Waals surface area contributed by atoms with Crippen molar-refractivity contribution in [2.75, 3.05) is 0 Å². The monoisotopic (exact) mass is 296 g/mol. The maximum absolute atomic E-state index is 12.3. The molecule has 22 heavy (non-hydrogen) atoms. The van der Waals surface area contributed by atoms with Crippen LogP contribution in [-0.2, 0) is 0 Å². The normalized spacial score (nSPS) is 12.4. The molecule has 2 N–H and O–H groups in total. The average Bonchev–Trinajstić information content (AvgIpc) is 2.53. The predicted octanol–water partition coefficient (Wildman–Crippen LogP) is 3.75. The van der Waals surface area contributed by atoms with Crippen molar-refractivity contribution in [3.8, 4) is 11.5 Å². The SMILES string of the molecule is CC[C@H](c1ccccc1)c1c(O)c2cc(O)ccc2oc1=O. The lowest BCUT2D eigenvalue weighted by Gasteiger charge is -2.16. The Kier molecular flexibility index (Phi) is 3.59. The van der Waals surface area contributed by atoms with Gasteiger partial charge in [0.05, 0.1) is 10.9 Å². The quantitative estimate of drug-likeness (QED) is 0.722. The summed E-state index contributed by atoms with van der Waals surface area (Å²) in [7, 11) is 0. The molecule has 3 rings (SSSR count). The van der Waals surface area contributed by atoms with E-state index in [9.17, 15) is 15.0 Å². The fourth-order valence-electron chi connectivity index (χ4n) is 2.79. The number of hydrogen-bond acceptors (Lipinski definition) is 4. The Balaban J connectivity index is 2.27. The maximum Gasteiger partial charge on any atom is 0.343 e. The van der Waals surface area contributed by atoms with Gasteiger partial charge in [-0.05, 0) is 30.2 Å². The van der Waals surface area contributed by atoms with Crippen molar-refractivity contribution < 1.29 is 14.6 Å². The number of fused-ring (bicyclic) bond motifs is 1. The highest BCUT2D eigenvalue weighted by Crippen LogP contribution is 2.36. The van der Waals surface area contributed by atoms with Crippen LogP contribution in [0.2, 0.25) is 0 Å². The van der Waals surface area contributed by atoms with Gasteiger partial charge in [-0.1, -0.05) is 37.3 Å². The smallest absolute Gasteiger partial charge is 0.343 e. The van der Waals surface area contributed by atoms with Gasteiger partial charge >= 0.3 is 5.63 Å². The topological polar surface area (TPSA) is 70.7 Å². The lowest BCUT2D eigenvalue weighted by atomic mass is 9.89. The maximum atomic E-state index is 12.3. The van der Waals surface area contributed by atoms with E-state index < -0.39 is 5.63 Å². The molecule has 0 fully saturated rings. The van der Waals surface area contributed by atoms with Crippen molar-refractivity contribution in [3.05, 3.63) is 70.1 Å². The molecule has 0 saturated heterocycles. The Morgan fingerprint density at radius 1 is 1.09 bits per heavy atom. The Labute approximate surface area is 127 Å². The summed E-state index contributed by atoms with van der Waals surface area (Å²) >= 11 is 0. The first-order valence-corrected chi connectivity index (χ1v) is 7.15. The molecule has 3 aromatic rings. The van der Waals surface area contributed by atoms with E-state index in [-0.39, 0.29) is 28.6 Å². The molecule has 0 aliphatic carbocycles. The van der Waals surface area contributed by atoms with Crippen LogP contribution in [0.3, 0.4) is 0 Å². The molecule has 0 saturated carbocycles. The number of phenolic OH excluding ortho intramolecular Hbond substituents is 1. The number of aromatic hydroxyl groups is 2. The summed E-state index contributed by atoms with van der Waals surface area (Å²) in [6.45, 7) is 1.95. The van der Waals surface area contributed by atoms with Crippen LogP contribution in [-0.4, -0.2) is 10.2 Å². The van der Waals surface area contributed by atoms with Gasteiger partial charge in [0.25, 0.3) is 0 Å². The molecule has 0 amide bonds. The second kappa shape index (κ2) is 5.56. The molecular weight excluding hydrogens is 280 g/mol. The van der Waals surface area contributed by atoms with Crippen LogP contribution in [0.1, 0.15) is 30.4 Å². The van der Waals surface area contributed by atoms with Crippen molar-refractivity contribution in [1.82, 2.24) is 0 Å². The summed E-state index contributed by atoms with van der Waals surface area (Å²) in [5.41, 5.74) is 0.872. The van der Waals surface area contributed by atoms with Crippen molar-refractivity contribution in [2.45, 2.75) is 19.3 Å². The van der Waals surface area contributed by atoms with E-state index in [0.29, 0.717) is 11.8 Å². The minimum Gasteiger partial charge on any atom is -0.508 e. The second-order valence-corrected chi connectivity index (χ2v) is 5.20. The second-order valence-electron chi connectivity index (χ2n) is 5.20. The molecule has 0 radical (unpaired) electrons. The Morgan fingerprint density at radius 2 is 1.82 bits per heavy atom. The van der Waals surface area contributed by atoms with E-state index in [1.165, 1.54) is 18.2 Å². The number of phenols is 1. The summed E-state index contributed by atoms with van der Waals surface area (Å²) in [6, 6.07) is 13.8. The summed E-state index contributed by atoms with van der Waals surface area (Å²) in [4.78, 5) is 12.3. The molecule has 1 atom stereocenters. The zero-order chi connectivity index (χ0) is 15.7. The van der Waals surface area contributed by atoms with Crippen LogP contribution in [0, 0.1) is 0 Å². The van der Waals surface area contributed by atoms with E-state index >= 15 is 0 Å². The molecular formula is C18H16O4. The van der Waals surface area contributed by atoms with Gasteiger partial charge in [-0.15, -0.1) is 0 Å². The van der Waals surface area contributed by atoms with E-state index in [1.807, 2.05) is 37.3 Å². The van der Waals surface area contributed by atoms with Gasteiger partial charge in [0.1, 0.15) is 17.1 Å². The Bertz CT molecular complexity index is 865. The molecule has 0 aliphatic heterocycles. The Morgan fingerprint density at radius 3 is 2.50 bits per heavy atom. The van der Waals surface area contributed by atoms with Gasteiger partial charge < -0.3 is 14.6 Å². The van der Waals surface area contributed by atoms with Crippen molar-refractivity contribution in [3.63, 3.8) is 0 Å². The molecule has 1 aromatic heterocycles. The first kappa shape index (κ1) is 14.2. The lowest BCUT2D eigenvalue weighted by Crippen LogP contribution is -2.13. The average molecular weight is 296 g/mol. The van der Waals surface area contributed by atoms with E-state index in [4.69, 9.17) is 4.42 Å².